The summed E-state index contributed by atoms with van der Waals surface area (Å²) in [5.41, 5.74) is 0.334. The molecule has 6 heteroatoms. The second-order valence-corrected chi connectivity index (χ2v) is 5.64. The number of benzene rings is 2. The largest absolute Gasteiger partial charge is 0.497 e. The third-order valence-corrected chi connectivity index (χ3v) is 4.14. The van der Waals surface area contributed by atoms with Gasteiger partial charge < -0.3 is 4.74 Å². The maximum atomic E-state index is 13.5. The summed E-state index contributed by atoms with van der Waals surface area (Å²) in [6, 6.07) is 8.91. The Labute approximate surface area is 123 Å². The van der Waals surface area contributed by atoms with Crippen molar-refractivity contribution < 1.29 is 22.5 Å². The Bertz CT molecular complexity index is 684. The number of Topliss-reactive ketones (excluding diaryl/α,β-unsaturated/α-hetero) is 1. The topological polar surface area (TPSA) is 43.4 Å². The third kappa shape index (κ3) is 3.72. The summed E-state index contributed by atoms with van der Waals surface area (Å²) in [4.78, 5) is 11.7. The molecule has 2 aromatic carbocycles. The summed E-state index contributed by atoms with van der Waals surface area (Å²) in [6.07, 6.45) is 0. The number of rotatable bonds is 5. The van der Waals surface area contributed by atoms with Crippen molar-refractivity contribution in [2.75, 3.05) is 12.9 Å². The molecule has 0 aromatic heterocycles. The van der Waals surface area contributed by atoms with Crippen molar-refractivity contribution in [3.05, 3.63) is 59.7 Å². The summed E-state index contributed by atoms with van der Waals surface area (Å²) in [5, 5.41) is 0. The molecule has 0 heterocycles. The lowest BCUT2D eigenvalue weighted by atomic mass is 10.1. The van der Waals surface area contributed by atoms with E-state index in [1.54, 1.807) is 12.1 Å². The van der Waals surface area contributed by atoms with Crippen LogP contribution in [-0.2, 0) is 10.8 Å². The third-order valence-electron chi connectivity index (χ3n) is 2.81. The van der Waals surface area contributed by atoms with Crippen LogP contribution < -0.4 is 4.74 Å². The van der Waals surface area contributed by atoms with Crippen LogP contribution in [0.1, 0.15) is 10.4 Å². The van der Waals surface area contributed by atoms with Crippen LogP contribution in [0.25, 0.3) is 0 Å². The normalized spacial score (nSPS) is 12.0. The predicted octanol–water partition coefficient (Wildman–Crippen LogP) is 2.96. The molecule has 0 aliphatic rings. The number of hydrogen-bond acceptors (Lipinski definition) is 3. The van der Waals surface area contributed by atoms with E-state index in [1.165, 1.54) is 19.2 Å². The van der Waals surface area contributed by atoms with Crippen molar-refractivity contribution in [3.8, 4) is 5.75 Å². The molecule has 0 N–H and O–H groups in total. The smallest absolute Gasteiger partial charge is 0.175 e. The first-order chi connectivity index (χ1) is 10.0. The molecule has 0 aliphatic heterocycles. The highest BCUT2D eigenvalue weighted by Gasteiger charge is 2.16. The summed E-state index contributed by atoms with van der Waals surface area (Å²) in [7, 11) is -0.440. The molecule has 110 valence electrons. The van der Waals surface area contributed by atoms with Crippen molar-refractivity contribution in [2.24, 2.45) is 0 Å². The molecule has 0 fully saturated rings. The van der Waals surface area contributed by atoms with Crippen molar-refractivity contribution in [1.82, 2.24) is 0 Å². The van der Waals surface area contributed by atoms with Crippen LogP contribution in [0, 0.1) is 11.6 Å². The second-order valence-electron chi connectivity index (χ2n) is 4.22. The van der Waals surface area contributed by atoms with Crippen LogP contribution in [-0.4, -0.2) is 22.9 Å². The Morgan fingerprint density at radius 3 is 2.43 bits per heavy atom. The Hall–Kier alpha value is -2.08. The maximum Gasteiger partial charge on any atom is 0.175 e. The number of hydrogen-bond donors (Lipinski definition) is 0. The van der Waals surface area contributed by atoms with Gasteiger partial charge in [0.25, 0.3) is 0 Å². The van der Waals surface area contributed by atoms with Gasteiger partial charge in [-0.1, -0.05) is 0 Å². The molecule has 0 aliphatic carbocycles. The molecule has 0 saturated heterocycles. The van der Waals surface area contributed by atoms with E-state index in [2.05, 4.69) is 0 Å². The molecule has 1 unspecified atom stereocenters. The van der Waals surface area contributed by atoms with Gasteiger partial charge in [0.05, 0.1) is 28.6 Å². The Morgan fingerprint density at radius 1 is 1.14 bits per heavy atom. The summed E-state index contributed by atoms with van der Waals surface area (Å²) in [6.45, 7) is 0. The molecule has 0 radical (unpaired) electrons. The molecule has 0 saturated carbocycles. The first-order valence-electron chi connectivity index (χ1n) is 6.02. The van der Waals surface area contributed by atoms with Gasteiger partial charge in [-0.25, -0.2) is 8.78 Å². The number of ketones is 1. The van der Waals surface area contributed by atoms with Gasteiger partial charge in [0.15, 0.2) is 5.78 Å². The number of halogens is 2. The van der Waals surface area contributed by atoms with Crippen LogP contribution in [0.4, 0.5) is 8.78 Å². The van der Waals surface area contributed by atoms with Gasteiger partial charge in [-0.3, -0.25) is 9.00 Å². The van der Waals surface area contributed by atoms with Gasteiger partial charge in [-0.15, -0.1) is 0 Å². The van der Waals surface area contributed by atoms with Crippen molar-refractivity contribution >= 4 is 16.6 Å². The Balaban J connectivity index is 2.14. The standard InChI is InChI=1S/C15H12F2O3S/c1-20-12-5-2-10(3-6-12)14(18)9-21(19)15-8-11(16)4-7-13(15)17/h2-8H,9H2,1H3. The number of carbonyl (C=O) groups is 1. The van der Waals surface area contributed by atoms with E-state index in [-0.39, 0.29) is 4.90 Å². The molecular formula is C15H12F2O3S. The number of methoxy groups -OCH3 is 1. The van der Waals surface area contributed by atoms with Crippen molar-refractivity contribution in [2.45, 2.75) is 4.90 Å². The van der Waals surface area contributed by atoms with Crippen molar-refractivity contribution in [3.63, 3.8) is 0 Å². The van der Waals surface area contributed by atoms with E-state index in [4.69, 9.17) is 4.74 Å². The molecule has 0 bridgehead atoms. The lowest BCUT2D eigenvalue weighted by Gasteiger charge is -2.05. The first kappa shape index (κ1) is 15.3. The van der Waals surface area contributed by atoms with Crippen LogP contribution in [0.5, 0.6) is 5.75 Å². The molecule has 2 rings (SSSR count). The van der Waals surface area contributed by atoms with Gasteiger partial charge in [-0.05, 0) is 42.5 Å². The Kier molecular flexibility index (Phi) is 4.80. The molecule has 0 amide bonds. The highest BCUT2D eigenvalue weighted by molar-refractivity contribution is 7.85. The fraction of sp³-hybridized carbons (Fsp3) is 0.133. The van der Waals surface area contributed by atoms with Gasteiger partial charge >= 0.3 is 0 Å². The molecule has 1 atom stereocenters. The zero-order valence-electron chi connectivity index (χ0n) is 11.1. The van der Waals surface area contributed by atoms with Crippen LogP contribution in [0.2, 0.25) is 0 Å². The van der Waals surface area contributed by atoms with E-state index in [1.807, 2.05) is 0 Å². The van der Waals surface area contributed by atoms with E-state index in [0.29, 0.717) is 11.3 Å². The van der Waals surface area contributed by atoms with Gasteiger partial charge in [0, 0.05) is 5.56 Å². The number of ether oxygens (including phenoxy) is 1. The fourth-order valence-corrected chi connectivity index (χ4v) is 2.80. The average molecular weight is 310 g/mol. The lowest BCUT2D eigenvalue weighted by Crippen LogP contribution is -2.12. The maximum absolute atomic E-state index is 13.5. The highest BCUT2D eigenvalue weighted by Crippen LogP contribution is 2.16. The molecule has 0 spiro atoms. The van der Waals surface area contributed by atoms with Gasteiger partial charge in [-0.2, -0.15) is 0 Å². The highest BCUT2D eigenvalue weighted by atomic mass is 32.2. The molecule has 21 heavy (non-hydrogen) atoms. The van der Waals surface area contributed by atoms with Crippen LogP contribution in [0.3, 0.4) is 0 Å². The second kappa shape index (κ2) is 6.58. The van der Waals surface area contributed by atoms with E-state index >= 15 is 0 Å². The lowest BCUT2D eigenvalue weighted by molar-refractivity contribution is 0.102. The Morgan fingerprint density at radius 2 is 1.81 bits per heavy atom. The predicted molar refractivity (Wildman–Crippen MR) is 75.0 cm³/mol. The van der Waals surface area contributed by atoms with Crippen LogP contribution in [0.15, 0.2) is 47.4 Å². The van der Waals surface area contributed by atoms with E-state index in [9.17, 15) is 17.8 Å². The molecule has 2 aromatic rings. The minimum Gasteiger partial charge on any atom is -0.497 e. The van der Waals surface area contributed by atoms with E-state index in [0.717, 1.165) is 18.2 Å². The number of carbonyl (C=O) groups excluding carboxylic acids is 1. The van der Waals surface area contributed by atoms with Crippen molar-refractivity contribution in [1.29, 1.82) is 0 Å². The van der Waals surface area contributed by atoms with E-state index < -0.39 is 34.0 Å². The minimum atomic E-state index is -1.94. The minimum absolute atomic E-state index is 0.308. The summed E-state index contributed by atoms with van der Waals surface area (Å²) >= 11 is 0. The molecular weight excluding hydrogens is 298 g/mol. The molecule has 3 nitrogen and oxygen atoms in total. The van der Waals surface area contributed by atoms with Gasteiger partial charge in [0.1, 0.15) is 17.4 Å². The average Bonchev–Trinajstić information content (AvgIpc) is 2.49. The monoisotopic (exact) mass is 310 g/mol. The quantitative estimate of drug-likeness (QED) is 0.798. The van der Waals surface area contributed by atoms with Crippen LogP contribution >= 0.6 is 0 Å². The fourth-order valence-electron chi connectivity index (χ4n) is 1.71. The zero-order valence-corrected chi connectivity index (χ0v) is 12.0. The van der Waals surface area contributed by atoms with Gasteiger partial charge in [0.2, 0.25) is 0 Å². The summed E-state index contributed by atoms with van der Waals surface area (Å²) < 4.78 is 43.5. The SMILES string of the molecule is COc1ccc(C(=O)CS(=O)c2cc(F)ccc2F)cc1. The first-order valence-corrected chi connectivity index (χ1v) is 7.34. The summed E-state index contributed by atoms with van der Waals surface area (Å²) in [5.74, 6) is -1.73. The zero-order chi connectivity index (χ0) is 15.4.